The van der Waals surface area contributed by atoms with Crippen LogP contribution in [0.15, 0.2) is 12.4 Å². The number of amides is 1. The molecule has 18 heavy (non-hydrogen) atoms. The van der Waals surface area contributed by atoms with E-state index in [-0.39, 0.29) is 5.91 Å². The maximum Gasteiger partial charge on any atom is 0.255 e. The number of carbonyl (C=O) groups is 1. The molecule has 4 nitrogen and oxygen atoms in total. The summed E-state index contributed by atoms with van der Waals surface area (Å²) in [5.41, 5.74) is 3.27. The molecule has 0 unspecified atom stereocenters. The molecule has 0 spiro atoms. The fraction of sp³-hybridized carbons (Fsp3) is 0.571. The molecule has 0 aliphatic carbocycles. The fourth-order valence-electron chi connectivity index (χ4n) is 2.91. The van der Waals surface area contributed by atoms with Crippen molar-refractivity contribution in [3.05, 3.63) is 29.1 Å². The number of aromatic nitrogens is 1. The monoisotopic (exact) mass is 245 g/mol. The minimum absolute atomic E-state index is 0.182. The van der Waals surface area contributed by atoms with Crippen LogP contribution in [0.25, 0.3) is 0 Å². The standard InChI is InChI=1S/C14H19N3O/c1-16-7-4-12-11(10-16)8-15-9-13(12)14(18)17-5-2-3-6-17/h8-9H,2-7,10H2,1H3. The third-order valence-electron chi connectivity index (χ3n) is 3.95. The van der Waals surface area contributed by atoms with Crippen molar-refractivity contribution < 1.29 is 4.79 Å². The Kier molecular flexibility index (Phi) is 3.04. The van der Waals surface area contributed by atoms with Crippen LogP contribution in [-0.2, 0) is 13.0 Å². The minimum Gasteiger partial charge on any atom is -0.339 e. The van der Waals surface area contributed by atoms with Gasteiger partial charge in [0.05, 0.1) is 5.56 Å². The summed E-state index contributed by atoms with van der Waals surface area (Å²) in [6, 6.07) is 0. The van der Waals surface area contributed by atoms with Gasteiger partial charge in [-0.3, -0.25) is 9.78 Å². The number of carbonyl (C=O) groups excluding carboxylic acids is 1. The van der Waals surface area contributed by atoms with Crippen molar-refractivity contribution in [1.29, 1.82) is 0 Å². The summed E-state index contributed by atoms with van der Waals surface area (Å²) >= 11 is 0. The van der Waals surface area contributed by atoms with Crippen molar-refractivity contribution in [2.24, 2.45) is 0 Å². The second kappa shape index (κ2) is 4.69. The molecule has 0 aromatic carbocycles. The van der Waals surface area contributed by atoms with E-state index in [1.165, 1.54) is 11.1 Å². The highest BCUT2D eigenvalue weighted by Gasteiger charge is 2.25. The molecule has 3 heterocycles. The first-order valence-corrected chi connectivity index (χ1v) is 6.69. The largest absolute Gasteiger partial charge is 0.339 e. The van der Waals surface area contributed by atoms with Gasteiger partial charge in [0, 0.05) is 38.6 Å². The molecular formula is C14H19N3O. The lowest BCUT2D eigenvalue weighted by Crippen LogP contribution is -2.32. The third kappa shape index (κ3) is 2.01. The molecule has 96 valence electrons. The van der Waals surface area contributed by atoms with Gasteiger partial charge in [-0.1, -0.05) is 0 Å². The summed E-state index contributed by atoms with van der Waals surface area (Å²) in [6.07, 6.45) is 6.90. The van der Waals surface area contributed by atoms with Crippen molar-refractivity contribution in [2.75, 3.05) is 26.7 Å². The number of rotatable bonds is 1. The number of likely N-dealkylation sites (tertiary alicyclic amines) is 1. The lowest BCUT2D eigenvalue weighted by molar-refractivity contribution is 0.0790. The van der Waals surface area contributed by atoms with Gasteiger partial charge < -0.3 is 9.80 Å². The van der Waals surface area contributed by atoms with Gasteiger partial charge in [0.2, 0.25) is 0 Å². The number of hydrogen-bond acceptors (Lipinski definition) is 3. The Balaban J connectivity index is 1.92. The van der Waals surface area contributed by atoms with Crippen molar-refractivity contribution >= 4 is 5.91 Å². The average Bonchev–Trinajstić information content (AvgIpc) is 2.90. The first-order chi connectivity index (χ1) is 8.75. The van der Waals surface area contributed by atoms with E-state index in [9.17, 15) is 4.79 Å². The summed E-state index contributed by atoms with van der Waals surface area (Å²) in [5.74, 6) is 0.182. The van der Waals surface area contributed by atoms with E-state index in [4.69, 9.17) is 0 Å². The summed E-state index contributed by atoms with van der Waals surface area (Å²) in [7, 11) is 2.11. The van der Waals surface area contributed by atoms with Crippen molar-refractivity contribution in [3.8, 4) is 0 Å². The van der Waals surface area contributed by atoms with Crippen LogP contribution < -0.4 is 0 Å². The molecule has 1 amide bonds. The highest BCUT2D eigenvalue weighted by atomic mass is 16.2. The molecular weight excluding hydrogens is 226 g/mol. The number of likely N-dealkylation sites (N-methyl/N-ethyl adjacent to an activating group) is 1. The second-order valence-corrected chi connectivity index (χ2v) is 5.31. The van der Waals surface area contributed by atoms with Crippen LogP contribution >= 0.6 is 0 Å². The predicted octanol–water partition coefficient (Wildman–Crippen LogP) is 1.31. The van der Waals surface area contributed by atoms with Crippen LogP contribution in [0.5, 0.6) is 0 Å². The molecule has 1 fully saturated rings. The quantitative estimate of drug-likeness (QED) is 0.748. The Bertz CT molecular complexity index is 466. The predicted molar refractivity (Wildman–Crippen MR) is 69.4 cm³/mol. The van der Waals surface area contributed by atoms with Gasteiger partial charge in [0.1, 0.15) is 0 Å². The summed E-state index contributed by atoms with van der Waals surface area (Å²) in [6.45, 7) is 3.74. The highest BCUT2D eigenvalue weighted by Crippen LogP contribution is 2.23. The number of hydrogen-bond donors (Lipinski definition) is 0. The van der Waals surface area contributed by atoms with E-state index in [1.807, 2.05) is 11.1 Å². The van der Waals surface area contributed by atoms with E-state index in [0.29, 0.717) is 0 Å². The second-order valence-electron chi connectivity index (χ2n) is 5.31. The van der Waals surface area contributed by atoms with Crippen LogP contribution in [0.3, 0.4) is 0 Å². The van der Waals surface area contributed by atoms with E-state index in [2.05, 4.69) is 16.9 Å². The summed E-state index contributed by atoms with van der Waals surface area (Å²) in [5, 5.41) is 0. The SMILES string of the molecule is CN1CCc2c(cncc2C(=O)N2CCCC2)C1. The molecule has 0 N–H and O–H groups in total. The first kappa shape index (κ1) is 11.7. The van der Waals surface area contributed by atoms with Gasteiger partial charge in [-0.25, -0.2) is 0 Å². The van der Waals surface area contributed by atoms with Gasteiger partial charge in [-0.2, -0.15) is 0 Å². The Labute approximate surface area is 108 Å². The number of pyridine rings is 1. The maximum atomic E-state index is 12.5. The molecule has 2 aliphatic rings. The smallest absolute Gasteiger partial charge is 0.255 e. The Morgan fingerprint density at radius 3 is 2.78 bits per heavy atom. The normalized spacial score (nSPS) is 19.9. The van der Waals surface area contributed by atoms with Crippen LogP contribution in [0, 0.1) is 0 Å². The van der Waals surface area contributed by atoms with E-state index >= 15 is 0 Å². The molecule has 2 aliphatic heterocycles. The summed E-state index contributed by atoms with van der Waals surface area (Å²) < 4.78 is 0. The van der Waals surface area contributed by atoms with Crippen LogP contribution in [0.4, 0.5) is 0 Å². The van der Waals surface area contributed by atoms with Crippen molar-refractivity contribution in [1.82, 2.24) is 14.8 Å². The lowest BCUT2D eigenvalue weighted by atomic mass is 9.97. The van der Waals surface area contributed by atoms with Crippen LogP contribution in [0.1, 0.15) is 34.3 Å². The molecule has 1 saturated heterocycles. The van der Waals surface area contributed by atoms with Gasteiger partial charge in [-0.05, 0) is 37.4 Å². The molecule has 4 heteroatoms. The van der Waals surface area contributed by atoms with Gasteiger partial charge in [0.15, 0.2) is 0 Å². The van der Waals surface area contributed by atoms with Crippen molar-refractivity contribution in [2.45, 2.75) is 25.8 Å². The molecule has 0 bridgehead atoms. The van der Waals surface area contributed by atoms with Gasteiger partial charge in [-0.15, -0.1) is 0 Å². The molecule has 0 atom stereocenters. The third-order valence-corrected chi connectivity index (χ3v) is 3.95. The number of fused-ring (bicyclic) bond motifs is 1. The number of nitrogens with zero attached hydrogens (tertiary/aromatic N) is 3. The minimum atomic E-state index is 0.182. The van der Waals surface area contributed by atoms with E-state index < -0.39 is 0 Å². The highest BCUT2D eigenvalue weighted by molar-refractivity contribution is 5.96. The fourth-order valence-corrected chi connectivity index (χ4v) is 2.91. The zero-order chi connectivity index (χ0) is 12.5. The molecule has 0 saturated carbocycles. The molecule has 1 aromatic heterocycles. The van der Waals surface area contributed by atoms with Crippen LogP contribution in [-0.4, -0.2) is 47.4 Å². The summed E-state index contributed by atoms with van der Waals surface area (Å²) in [4.78, 5) is 21.0. The molecule has 0 radical (unpaired) electrons. The zero-order valence-electron chi connectivity index (χ0n) is 10.9. The van der Waals surface area contributed by atoms with Gasteiger partial charge in [0.25, 0.3) is 5.91 Å². The molecule has 3 rings (SSSR count). The Morgan fingerprint density at radius 2 is 2.00 bits per heavy atom. The lowest BCUT2D eigenvalue weighted by Gasteiger charge is -2.27. The average molecular weight is 245 g/mol. The van der Waals surface area contributed by atoms with E-state index in [1.54, 1.807) is 6.20 Å². The Hall–Kier alpha value is -1.42. The Morgan fingerprint density at radius 1 is 1.22 bits per heavy atom. The zero-order valence-corrected chi connectivity index (χ0v) is 10.9. The van der Waals surface area contributed by atoms with Crippen molar-refractivity contribution in [3.63, 3.8) is 0 Å². The van der Waals surface area contributed by atoms with Crippen LogP contribution in [0.2, 0.25) is 0 Å². The maximum absolute atomic E-state index is 12.5. The topological polar surface area (TPSA) is 36.4 Å². The first-order valence-electron chi connectivity index (χ1n) is 6.69. The van der Waals surface area contributed by atoms with Gasteiger partial charge >= 0.3 is 0 Å². The van der Waals surface area contributed by atoms with E-state index in [0.717, 1.165) is 51.0 Å². The molecule has 1 aromatic rings.